The van der Waals surface area contributed by atoms with Crippen molar-refractivity contribution in [1.29, 1.82) is 0 Å². The van der Waals surface area contributed by atoms with Crippen LogP contribution < -0.4 is 14.8 Å². The first-order valence-corrected chi connectivity index (χ1v) is 7.30. The number of H-pyrrole nitrogens is 1. The first kappa shape index (κ1) is 14.4. The van der Waals surface area contributed by atoms with Gasteiger partial charge in [0.1, 0.15) is 5.75 Å². The highest BCUT2D eigenvalue weighted by atomic mass is 32.2. The largest absolute Gasteiger partial charge is 0.495 e. The van der Waals surface area contributed by atoms with E-state index in [1.54, 1.807) is 24.3 Å². The lowest BCUT2D eigenvalue weighted by Gasteiger charge is -2.21. The van der Waals surface area contributed by atoms with Gasteiger partial charge in [-0.1, -0.05) is 12.1 Å². The molecule has 0 saturated carbocycles. The lowest BCUT2D eigenvalue weighted by molar-refractivity contribution is 0.416. The maximum atomic E-state index is 12.6. The topological polar surface area (TPSA) is 101 Å². The number of rotatable bonds is 5. The normalized spacial score (nSPS) is 11.3. The van der Waals surface area contributed by atoms with Crippen molar-refractivity contribution in [3.63, 3.8) is 0 Å². The highest BCUT2D eigenvalue weighted by molar-refractivity contribution is 7.92. The second-order valence-corrected chi connectivity index (χ2v) is 5.98. The predicted molar refractivity (Wildman–Crippen MR) is 75.1 cm³/mol. The molecule has 2 rings (SSSR count). The van der Waals surface area contributed by atoms with Gasteiger partial charge in [0.15, 0.2) is 5.03 Å². The Morgan fingerprint density at radius 2 is 2.10 bits per heavy atom. The highest BCUT2D eigenvalue weighted by Gasteiger charge is 2.27. The first-order chi connectivity index (χ1) is 9.52. The Labute approximate surface area is 117 Å². The average Bonchev–Trinajstić information content (AvgIpc) is 2.95. The van der Waals surface area contributed by atoms with Crippen LogP contribution in [-0.2, 0) is 16.6 Å². The smallest absolute Gasteiger partial charge is 0.281 e. The Hall–Kier alpha value is -2.06. The van der Waals surface area contributed by atoms with Crippen LogP contribution >= 0.6 is 0 Å². The zero-order valence-corrected chi connectivity index (χ0v) is 12.0. The molecule has 0 fully saturated rings. The molecule has 0 unspecified atom stereocenters. The quantitative estimate of drug-likeness (QED) is 0.846. The van der Waals surface area contributed by atoms with Crippen LogP contribution in [0.4, 0.5) is 5.69 Å². The van der Waals surface area contributed by atoms with Gasteiger partial charge in [-0.2, -0.15) is 13.5 Å². The van der Waals surface area contributed by atoms with E-state index in [4.69, 9.17) is 10.5 Å². The van der Waals surface area contributed by atoms with Gasteiger partial charge in [-0.3, -0.25) is 9.40 Å². The number of nitrogens with zero attached hydrogens (tertiary/aromatic N) is 2. The number of ether oxygens (including phenoxy) is 1. The molecule has 1 aromatic heterocycles. The summed E-state index contributed by atoms with van der Waals surface area (Å²) in [7, 11) is -0.829. The van der Waals surface area contributed by atoms with Crippen molar-refractivity contribution in [3.05, 3.63) is 36.0 Å². The minimum absolute atomic E-state index is 0.00611. The SMILES string of the molecule is COc1ccccc1N(C)S(=O)(=O)c1[nH]ncc1CN. The zero-order chi connectivity index (χ0) is 14.8. The van der Waals surface area contributed by atoms with Gasteiger partial charge in [-0.05, 0) is 12.1 Å². The fraction of sp³-hybridized carbons (Fsp3) is 0.250. The van der Waals surface area contributed by atoms with Crippen molar-refractivity contribution in [2.24, 2.45) is 5.73 Å². The molecule has 20 heavy (non-hydrogen) atoms. The van der Waals surface area contributed by atoms with E-state index < -0.39 is 10.0 Å². The van der Waals surface area contributed by atoms with Gasteiger partial charge in [0.25, 0.3) is 10.0 Å². The van der Waals surface area contributed by atoms with E-state index in [0.29, 0.717) is 17.0 Å². The molecule has 2 aromatic rings. The molecule has 3 N–H and O–H groups in total. The molecule has 0 bridgehead atoms. The Balaban J connectivity index is 2.49. The number of hydrogen-bond acceptors (Lipinski definition) is 5. The molecule has 0 aliphatic carbocycles. The van der Waals surface area contributed by atoms with E-state index in [2.05, 4.69) is 10.2 Å². The molecule has 0 aliphatic rings. The summed E-state index contributed by atoms with van der Waals surface area (Å²) in [6.07, 6.45) is 1.41. The van der Waals surface area contributed by atoms with Crippen LogP contribution in [0.25, 0.3) is 0 Å². The summed E-state index contributed by atoms with van der Waals surface area (Å²) in [6.45, 7) is 0.0881. The highest BCUT2D eigenvalue weighted by Crippen LogP contribution is 2.30. The molecule has 0 spiro atoms. The Bertz CT molecular complexity index is 696. The molecule has 0 atom stereocenters. The fourth-order valence-electron chi connectivity index (χ4n) is 1.82. The Morgan fingerprint density at radius 1 is 1.40 bits per heavy atom. The molecular formula is C12H16N4O3S. The van der Waals surface area contributed by atoms with Crippen LogP contribution in [0.1, 0.15) is 5.56 Å². The van der Waals surface area contributed by atoms with Crippen molar-refractivity contribution >= 4 is 15.7 Å². The molecule has 1 aromatic carbocycles. The molecule has 1 heterocycles. The van der Waals surface area contributed by atoms with E-state index in [1.165, 1.54) is 20.4 Å². The third-order valence-electron chi connectivity index (χ3n) is 2.94. The van der Waals surface area contributed by atoms with Crippen molar-refractivity contribution in [1.82, 2.24) is 10.2 Å². The van der Waals surface area contributed by atoms with Gasteiger partial charge in [0.2, 0.25) is 0 Å². The standard InChI is InChI=1S/C12H16N4O3S/c1-16(10-5-3-4-6-11(10)19-2)20(17,18)12-9(7-13)8-14-15-12/h3-6,8H,7,13H2,1-2H3,(H,14,15). The molecule has 8 heteroatoms. The summed E-state index contributed by atoms with van der Waals surface area (Å²) in [6, 6.07) is 6.86. The van der Waals surface area contributed by atoms with Crippen molar-refractivity contribution < 1.29 is 13.2 Å². The number of para-hydroxylation sites is 2. The minimum atomic E-state index is -3.77. The third kappa shape index (κ3) is 2.35. The number of aromatic amines is 1. The van der Waals surface area contributed by atoms with Gasteiger partial charge >= 0.3 is 0 Å². The summed E-state index contributed by atoms with van der Waals surface area (Å²) in [5, 5.41) is 6.21. The summed E-state index contributed by atoms with van der Waals surface area (Å²) in [5.41, 5.74) is 6.39. The molecular weight excluding hydrogens is 280 g/mol. The maximum Gasteiger partial charge on any atom is 0.281 e. The van der Waals surface area contributed by atoms with Crippen LogP contribution in [0, 0.1) is 0 Å². The fourth-order valence-corrected chi connectivity index (χ4v) is 3.14. The van der Waals surface area contributed by atoms with E-state index in [9.17, 15) is 8.42 Å². The average molecular weight is 296 g/mol. The lowest BCUT2D eigenvalue weighted by atomic mass is 10.3. The number of benzene rings is 1. The van der Waals surface area contributed by atoms with Crippen LogP contribution in [0.5, 0.6) is 5.75 Å². The van der Waals surface area contributed by atoms with Gasteiger partial charge in [-0.25, -0.2) is 0 Å². The first-order valence-electron chi connectivity index (χ1n) is 5.86. The Morgan fingerprint density at radius 3 is 2.75 bits per heavy atom. The monoisotopic (exact) mass is 296 g/mol. The number of aromatic nitrogens is 2. The molecule has 0 saturated heterocycles. The third-order valence-corrected chi connectivity index (χ3v) is 4.73. The molecule has 0 radical (unpaired) electrons. The predicted octanol–water partition coefficient (Wildman–Crippen LogP) is 0.702. The van der Waals surface area contributed by atoms with Crippen molar-refractivity contribution in [2.75, 3.05) is 18.5 Å². The lowest BCUT2D eigenvalue weighted by Crippen LogP contribution is -2.28. The van der Waals surface area contributed by atoms with E-state index in [1.807, 2.05) is 0 Å². The molecule has 7 nitrogen and oxygen atoms in total. The maximum absolute atomic E-state index is 12.6. The Kier molecular flexibility index (Phi) is 3.96. The van der Waals surface area contributed by atoms with Crippen molar-refractivity contribution in [2.45, 2.75) is 11.6 Å². The van der Waals surface area contributed by atoms with E-state index >= 15 is 0 Å². The second-order valence-electron chi connectivity index (χ2n) is 4.07. The van der Waals surface area contributed by atoms with Crippen molar-refractivity contribution in [3.8, 4) is 5.75 Å². The van der Waals surface area contributed by atoms with E-state index in [-0.39, 0.29) is 11.6 Å². The van der Waals surface area contributed by atoms with E-state index in [0.717, 1.165) is 4.31 Å². The summed E-state index contributed by atoms with van der Waals surface area (Å²) in [4.78, 5) is 0. The van der Waals surface area contributed by atoms with Gasteiger partial charge < -0.3 is 10.5 Å². The second kappa shape index (κ2) is 5.51. The van der Waals surface area contributed by atoms with Gasteiger partial charge in [0, 0.05) is 19.2 Å². The molecule has 0 amide bonds. The zero-order valence-electron chi connectivity index (χ0n) is 11.2. The summed E-state index contributed by atoms with van der Waals surface area (Å²) in [5.74, 6) is 0.465. The van der Waals surface area contributed by atoms with Crippen LogP contribution in [0.3, 0.4) is 0 Å². The van der Waals surface area contributed by atoms with Crippen LogP contribution in [-0.4, -0.2) is 32.8 Å². The summed E-state index contributed by atoms with van der Waals surface area (Å²) < 4.78 is 31.5. The molecule has 0 aliphatic heterocycles. The number of hydrogen-bond donors (Lipinski definition) is 2. The number of sulfonamides is 1. The van der Waals surface area contributed by atoms with Gasteiger partial charge in [-0.15, -0.1) is 0 Å². The van der Waals surface area contributed by atoms with Crippen LogP contribution in [0.15, 0.2) is 35.5 Å². The van der Waals surface area contributed by atoms with Gasteiger partial charge in [0.05, 0.1) is 19.0 Å². The van der Waals surface area contributed by atoms with Crippen LogP contribution in [0.2, 0.25) is 0 Å². The summed E-state index contributed by atoms with van der Waals surface area (Å²) >= 11 is 0. The number of methoxy groups -OCH3 is 1. The number of nitrogens with one attached hydrogen (secondary N) is 1. The minimum Gasteiger partial charge on any atom is -0.495 e. The number of anilines is 1. The number of nitrogens with two attached hydrogens (primary N) is 1. The molecule has 108 valence electrons.